The topological polar surface area (TPSA) is 63.5 Å². The summed E-state index contributed by atoms with van der Waals surface area (Å²) in [5.41, 5.74) is 3.73. The number of nitrogens with zero attached hydrogens (tertiary/aromatic N) is 1. The molecule has 0 atom stereocenters. The first-order valence-corrected chi connectivity index (χ1v) is 9.98. The summed E-state index contributed by atoms with van der Waals surface area (Å²) >= 11 is 0. The Morgan fingerprint density at radius 3 is 2.32 bits per heavy atom. The number of aromatic nitrogens is 1. The van der Waals surface area contributed by atoms with E-state index in [-0.39, 0.29) is 11.5 Å². The number of halogens is 1. The van der Waals surface area contributed by atoms with E-state index in [1.807, 2.05) is 48.5 Å². The van der Waals surface area contributed by atoms with Crippen molar-refractivity contribution in [2.45, 2.75) is 19.6 Å². The van der Waals surface area contributed by atoms with Gasteiger partial charge in [-0.3, -0.25) is 0 Å². The standard InChI is InChI=1S/C25H23FN2O3/c1-31-20-12-8-17(9-13-20)14-27-15-22-21-4-2-3-5-23(21)28(24(22)25(29)30)16-18-6-10-19(26)11-7-18/h2-13,27H,14-16H2,1H3,(H,29,30). The second-order valence-corrected chi connectivity index (χ2v) is 7.31. The summed E-state index contributed by atoms with van der Waals surface area (Å²) in [4.78, 5) is 12.2. The smallest absolute Gasteiger partial charge is 0.352 e. The molecule has 6 heteroatoms. The van der Waals surface area contributed by atoms with E-state index in [0.717, 1.165) is 33.3 Å². The molecular formula is C25H23FN2O3. The molecule has 0 radical (unpaired) electrons. The number of carboxylic acid groups (broad SMARTS) is 1. The molecule has 0 unspecified atom stereocenters. The van der Waals surface area contributed by atoms with Gasteiger partial charge < -0.3 is 19.7 Å². The van der Waals surface area contributed by atoms with Crippen molar-refractivity contribution in [3.8, 4) is 5.75 Å². The Bertz CT molecular complexity index is 1200. The molecule has 31 heavy (non-hydrogen) atoms. The van der Waals surface area contributed by atoms with Crippen LogP contribution in [0.4, 0.5) is 4.39 Å². The van der Waals surface area contributed by atoms with Gasteiger partial charge >= 0.3 is 5.97 Å². The Morgan fingerprint density at radius 1 is 0.968 bits per heavy atom. The normalized spacial score (nSPS) is 11.0. The summed E-state index contributed by atoms with van der Waals surface area (Å²) in [6.07, 6.45) is 0. The number of carboxylic acids is 1. The molecule has 0 saturated carbocycles. The van der Waals surface area contributed by atoms with Gasteiger partial charge in [0.15, 0.2) is 0 Å². The van der Waals surface area contributed by atoms with Crippen molar-refractivity contribution in [2.24, 2.45) is 0 Å². The Balaban J connectivity index is 1.64. The predicted octanol–water partition coefficient (Wildman–Crippen LogP) is 4.83. The fraction of sp³-hybridized carbons (Fsp3) is 0.160. The molecule has 0 aliphatic carbocycles. The summed E-state index contributed by atoms with van der Waals surface area (Å²) in [5, 5.41) is 14.3. The molecule has 1 aromatic heterocycles. The van der Waals surface area contributed by atoms with Crippen LogP contribution in [0.15, 0.2) is 72.8 Å². The van der Waals surface area contributed by atoms with Crippen LogP contribution in [-0.2, 0) is 19.6 Å². The lowest BCUT2D eigenvalue weighted by molar-refractivity contribution is 0.0684. The first-order valence-electron chi connectivity index (χ1n) is 9.98. The SMILES string of the molecule is COc1ccc(CNCc2c(C(=O)O)n(Cc3ccc(F)cc3)c3ccccc23)cc1. The summed E-state index contributed by atoms with van der Waals surface area (Å²) in [7, 11) is 1.63. The molecule has 0 fully saturated rings. The zero-order valence-electron chi connectivity index (χ0n) is 17.1. The van der Waals surface area contributed by atoms with Gasteiger partial charge in [0.25, 0.3) is 0 Å². The lowest BCUT2D eigenvalue weighted by Crippen LogP contribution is -2.17. The monoisotopic (exact) mass is 418 g/mol. The summed E-state index contributed by atoms with van der Waals surface area (Å²) in [6.45, 7) is 1.35. The van der Waals surface area contributed by atoms with E-state index in [1.54, 1.807) is 23.8 Å². The number of para-hydroxylation sites is 1. The van der Waals surface area contributed by atoms with Crippen LogP contribution in [0, 0.1) is 5.82 Å². The van der Waals surface area contributed by atoms with Crippen LogP contribution < -0.4 is 10.1 Å². The molecule has 0 bridgehead atoms. The van der Waals surface area contributed by atoms with Crippen molar-refractivity contribution in [3.05, 3.63) is 101 Å². The highest BCUT2D eigenvalue weighted by Gasteiger charge is 2.22. The van der Waals surface area contributed by atoms with E-state index < -0.39 is 5.97 Å². The van der Waals surface area contributed by atoms with Gasteiger partial charge in [-0.25, -0.2) is 9.18 Å². The Labute approximate surface area is 179 Å². The van der Waals surface area contributed by atoms with E-state index in [4.69, 9.17) is 4.74 Å². The highest BCUT2D eigenvalue weighted by molar-refractivity contribution is 5.98. The van der Waals surface area contributed by atoms with Gasteiger partial charge in [-0.15, -0.1) is 0 Å². The van der Waals surface area contributed by atoms with E-state index in [9.17, 15) is 14.3 Å². The molecule has 158 valence electrons. The third kappa shape index (κ3) is 4.44. The molecule has 1 heterocycles. The van der Waals surface area contributed by atoms with Crippen LogP contribution in [0.25, 0.3) is 10.9 Å². The van der Waals surface area contributed by atoms with Crippen LogP contribution in [0.2, 0.25) is 0 Å². The average Bonchev–Trinajstić information content (AvgIpc) is 3.09. The second kappa shape index (κ2) is 9.02. The maximum Gasteiger partial charge on any atom is 0.352 e. The lowest BCUT2D eigenvalue weighted by Gasteiger charge is -2.10. The van der Waals surface area contributed by atoms with E-state index >= 15 is 0 Å². The second-order valence-electron chi connectivity index (χ2n) is 7.31. The van der Waals surface area contributed by atoms with Crippen molar-refractivity contribution in [2.75, 3.05) is 7.11 Å². The van der Waals surface area contributed by atoms with Crippen molar-refractivity contribution < 1.29 is 19.0 Å². The zero-order chi connectivity index (χ0) is 21.8. The van der Waals surface area contributed by atoms with Crippen LogP contribution in [0.1, 0.15) is 27.2 Å². The first kappa shape index (κ1) is 20.6. The largest absolute Gasteiger partial charge is 0.497 e. The van der Waals surface area contributed by atoms with E-state index in [1.165, 1.54) is 12.1 Å². The maximum absolute atomic E-state index is 13.3. The quantitative estimate of drug-likeness (QED) is 0.430. The minimum absolute atomic E-state index is 0.243. The molecule has 4 aromatic rings. The number of rotatable bonds is 8. The number of aromatic carboxylic acids is 1. The van der Waals surface area contributed by atoms with Crippen LogP contribution in [0.3, 0.4) is 0 Å². The number of methoxy groups -OCH3 is 1. The van der Waals surface area contributed by atoms with Crippen LogP contribution in [-0.4, -0.2) is 22.8 Å². The average molecular weight is 418 g/mol. The van der Waals surface area contributed by atoms with Gasteiger partial charge in [-0.1, -0.05) is 42.5 Å². The minimum atomic E-state index is -0.987. The van der Waals surface area contributed by atoms with Crippen molar-refractivity contribution in [3.63, 3.8) is 0 Å². The molecular weight excluding hydrogens is 395 g/mol. The van der Waals surface area contributed by atoms with Gasteiger partial charge in [-0.05, 0) is 41.5 Å². The van der Waals surface area contributed by atoms with Crippen LogP contribution >= 0.6 is 0 Å². The molecule has 0 spiro atoms. The van der Waals surface area contributed by atoms with Gasteiger partial charge in [0, 0.05) is 36.1 Å². The zero-order valence-corrected chi connectivity index (χ0v) is 17.1. The number of nitrogens with one attached hydrogen (secondary N) is 1. The summed E-state index contributed by atoms with van der Waals surface area (Å²) < 4.78 is 20.3. The molecule has 0 amide bonds. The number of carbonyl (C=O) groups is 1. The molecule has 0 aliphatic heterocycles. The molecule has 0 aliphatic rings. The van der Waals surface area contributed by atoms with Gasteiger partial charge in [0.05, 0.1) is 7.11 Å². The van der Waals surface area contributed by atoms with Crippen molar-refractivity contribution in [1.29, 1.82) is 0 Å². The molecule has 3 aromatic carbocycles. The number of hydrogen-bond donors (Lipinski definition) is 2. The van der Waals surface area contributed by atoms with Crippen molar-refractivity contribution >= 4 is 16.9 Å². The molecule has 0 saturated heterocycles. The Kier molecular flexibility index (Phi) is 6.00. The molecule has 4 rings (SSSR count). The van der Waals surface area contributed by atoms with Gasteiger partial charge in [0.2, 0.25) is 0 Å². The highest BCUT2D eigenvalue weighted by atomic mass is 19.1. The molecule has 5 nitrogen and oxygen atoms in total. The van der Waals surface area contributed by atoms with Gasteiger partial charge in [0.1, 0.15) is 17.3 Å². The summed E-state index contributed by atoms with van der Waals surface area (Å²) in [5.74, 6) is -0.511. The highest BCUT2D eigenvalue weighted by Crippen LogP contribution is 2.28. The Morgan fingerprint density at radius 2 is 1.65 bits per heavy atom. The lowest BCUT2D eigenvalue weighted by atomic mass is 10.1. The van der Waals surface area contributed by atoms with Crippen molar-refractivity contribution in [1.82, 2.24) is 9.88 Å². The van der Waals surface area contributed by atoms with Crippen LogP contribution in [0.5, 0.6) is 5.75 Å². The fourth-order valence-corrected chi connectivity index (χ4v) is 3.81. The minimum Gasteiger partial charge on any atom is -0.497 e. The van der Waals surface area contributed by atoms with Gasteiger partial charge in [-0.2, -0.15) is 0 Å². The third-order valence-corrected chi connectivity index (χ3v) is 5.32. The number of benzene rings is 3. The Hall–Kier alpha value is -3.64. The van der Waals surface area contributed by atoms with E-state index in [0.29, 0.717) is 19.6 Å². The number of hydrogen-bond acceptors (Lipinski definition) is 3. The van der Waals surface area contributed by atoms with E-state index in [2.05, 4.69) is 5.32 Å². The fourth-order valence-electron chi connectivity index (χ4n) is 3.81. The predicted molar refractivity (Wildman–Crippen MR) is 118 cm³/mol. The number of ether oxygens (including phenoxy) is 1. The first-order chi connectivity index (χ1) is 15.1. The maximum atomic E-state index is 13.3. The third-order valence-electron chi connectivity index (χ3n) is 5.32. The number of fused-ring (bicyclic) bond motifs is 1. The summed E-state index contributed by atoms with van der Waals surface area (Å²) in [6, 6.07) is 21.5. The molecule has 2 N–H and O–H groups in total.